The van der Waals surface area contributed by atoms with Crippen molar-refractivity contribution < 1.29 is 0 Å². The van der Waals surface area contributed by atoms with Crippen molar-refractivity contribution in [3.63, 3.8) is 0 Å². The van der Waals surface area contributed by atoms with Gasteiger partial charge in [-0.2, -0.15) is 0 Å². The summed E-state index contributed by atoms with van der Waals surface area (Å²) in [6.45, 7) is 7.66. The van der Waals surface area contributed by atoms with Crippen LogP contribution in [0, 0.1) is 0 Å². The first kappa shape index (κ1) is 14.1. The van der Waals surface area contributed by atoms with E-state index in [1.807, 2.05) is 18.2 Å². The van der Waals surface area contributed by atoms with E-state index in [0.717, 1.165) is 41.1 Å². The summed E-state index contributed by atoms with van der Waals surface area (Å²) in [6.07, 6.45) is 2.00. The highest BCUT2D eigenvalue weighted by atomic mass is 32.1. The van der Waals surface area contributed by atoms with Crippen LogP contribution in [0.2, 0.25) is 0 Å². The molecule has 21 heavy (non-hydrogen) atoms. The molecule has 0 bridgehead atoms. The molecule has 0 N–H and O–H groups in total. The summed E-state index contributed by atoms with van der Waals surface area (Å²) < 4.78 is 2.55. The molecule has 2 heterocycles. The van der Waals surface area contributed by atoms with Gasteiger partial charge in [-0.3, -0.25) is 14.4 Å². The molecular weight excluding hydrogens is 282 g/mol. The van der Waals surface area contributed by atoms with Crippen LogP contribution in [0.4, 0.5) is 5.69 Å². The summed E-state index contributed by atoms with van der Waals surface area (Å²) in [5.74, 6) is 0. The van der Waals surface area contributed by atoms with Crippen molar-refractivity contribution >= 4 is 23.1 Å². The summed E-state index contributed by atoms with van der Waals surface area (Å²) >= 11 is 1.49. The van der Waals surface area contributed by atoms with E-state index in [0.29, 0.717) is 0 Å². The fourth-order valence-electron chi connectivity index (χ4n) is 2.67. The summed E-state index contributed by atoms with van der Waals surface area (Å²) in [7, 11) is 0. The summed E-state index contributed by atoms with van der Waals surface area (Å²) in [4.78, 5) is 19.9. The van der Waals surface area contributed by atoms with E-state index in [2.05, 4.69) is 35.9 Å². The third-order valence-corrected chi connectivity index (χ3v) is 4.83. The predicted molar refractivity (Wildman–Crippen MR) is 87.8 cm³/mol. The minimum Gasteiger partial charge on any atom is -0.372 e. The minimum absolute atomic E-state index is 0.0885. The smallest absolute Gasteiger partial charge is 0.270 e. The highest BCUT2D eigenvalue weighted by molar-refractivity contribution is 7.07. The molecular formula is C16H19N3OS. The SMILES string of the molecule is CCN(CC)c1ccccc1C=c1sc2n(c1=O)CCN=2. The quantitative estimate of drug-likeness (QED) is 0.851. The lowest BCUT2D eigenvalue weighted by Crippen LogP contribution is -2.29. The van der Waals surface area contributed by atoms with Crippen molar-refractivity contribution in [3.8, 4) is 0 Å². The van der Waals surface area contributed by atoms with E-state index in [9.17, 15) is 4.79 Å². The predicted octanol–water partition coefficient (Wildman–Crippen LogP) is 1.22. The highest BCUT2D eigenvalue weighted by Gasteiger charge is 2.11. The molecule has 4 nitrogen and oxygen atoms in total. The number of anilines is 1. The fraction of sp³-hybridized carbons (Fsp3) is 0.375. The average Bonchev–Trinajstić information content (AvgIpc) is 3.06. The molecule has 0 saturated carbocycles. The van der Waals surface area contributed by atoms with Crippen molar-refractivity contribution in [2.24, 2.45) is 4.99 Å². The van der Waals surface area contributed by atoms with Crippen LogP contribution in [0.25, 0.3) is 6.08 Å². The number of benzene rings is 1. The van der Waals surface area contributed by atoms with Gasteiger partial charge in [-0.25, -0.2) is 0 Å². The van der Waals surface area contributed by atoms with Gasteiger partial charge in [-0.05, 0) is 31.6 Å². The fourth-order valence-corrected chi connectivity index (χ4v) is 3.69. The molecule has 5 heteroatoms. The first-order valence-corrected chi connectivity index (χ1v) is 8.16. The zero-order valence-corrected chi connectivity index (χ0v) is 13.2. The van der Waals surface area contributed by atoms with Crippen LogP contribution in [0.15, 0.2) is 34.1 Å². The number of aromatic nitrogens is 1. The van der Waals surface area contributed by atoms with Gasteiger partial charge in [0.25, 0.3) is 5.56 Å². The van der Waals surface area contributed by atoms with Crippen LogP contribution in [0.3, 0.4) is 0 Å². The average molecular weight is 301 g/mol. The maximum atomic E-state index is 12.4. The van der Waals surface area contributed by atoms with Crippen LogP contribution in [0.1, 0.15) is 19.4 Å². The second-order valence-corrected chi connectivity index (χ2v) is 5.97. The Kier molecular flexibility index (Phi) is 3.92. The lowest BCUT2D eigenvalue weighted by atomic mass is 10.1. The van der Waals surface area contributed by atoms with Crippen LogP contribution < -0.4 is 19.8 Å². The Morgan fingerprint density at radius 3 is 2.81 bits per heavy atom. The lowest BCUT2D eigenvalue weighted by molar-refractivity contribution is 0.740. The van der Waals surface area contributed by atoms with E-state index < -0.39 is 0 Å². The molecule has 3 rings (SSSR count). The first-order chi connectivity index (χ1) is 10.2. The molecule has 0 atom stereocenters. The van der Waals surface area contributed by atoms with Gasteiger partial charge in [-0.15, -0.1) is 0 Å². The number of hydrogen-bond donors (Lipinski definition) is 0. The topological polar surface area (TPSA) is 37.6 Å². The van der Waals surface area contributed by atoms with Gasteiger partial charge in [0.2, 0.25) is 0 Å². The second-order valence-electron chi connectivity index (χ2n) is 4.96. The Morgan fingerprint density at radius 1 is 1.33 bits per heavy atom. The third kappa shape index (κ3) is 2.53. The molecule has 1 aromatic heterocycles. The highest BCUT2D eigenvalue weighted by Crippen LogP contribution is 2.20. The number of nitrogens with zero attached hydrogens (tertiary/aromatic N) is 3. The molecule has 2 aromatic rings. The molecule has 1 aliphatic heterocycles. The van der Waals surface area contributed by atoms with Crippen molar-refractivity contribution in [1.29, 1.82) is 0 Å². The first-order valence-electron chi connectivity index (χ1n) is 7.34. The Morgan fingerprint density at radius 2 is 2.10 bits per heavy atom. The van der Waals surface area contributed by atoms with Gasteiger partial charge in [0.1, 0.15) is 0 Å². The molecule has 110 valence electrons. The van der Waals surface area contributed by atoms with E-state index in [4.69, 9.17) is 0 Å². The van der Waals surface area contributed by atoms with Crippen LogP contribution in [-0.4, -0.2) is 24.2 Å². The number of thiazole rings is 1. The number of rotatable bonds is 4. The Labute approximate surface area is 127 Å². The van der Waals surface area contributed by atoms with Gasteiger partial charge >= 0.3 is 0 Å². The van der Waals surface area contributed by atoms with Crippen molar-refractivity contribution in [2.45, 2.75) is 20.4 Å². The normalized spacial score (nSPS) is 14.1. The Balaban J connectivity index is 2.15. The van der Waals surface area contributed by atoms with Crippen molar-refractivity contribution in [1.82, 2.24) is 4.57 Å². The number of fused-ring (bicyclic) bond motifs is 1. The molecule has 0 amide bonds. The number of hydrogen-bond acceptors (Lipinski definition) is 4. The van der Waals surface area contributed by atoms with Crippen LogP contribution in [0.5, 0.6) is 0 Å². The third-order valence-electron chi connectivity index (χ3n) is 3.79. The molecule has 0 saturated heterocycles. The van der Waals surface area contributed by atoms with Crippen LogP contribution >= 0.6 is 11.3 Å². The van der Waals surface area contributed by atoms with Gasteiger partial charge in [0.15, 0.2) is 4.80 Å². The summed E-state index contributed by atoms with van der Waals surface area (Å²) in [6, 6.07) is 8.24. The number of para-hydroxylation sites is 1. The summed E-state index contributed by atoms with van der Waals surface area (Å²) in [5, 5.41) is 0. The van der Waals surface area contributed by atoms with E-state index in [-0.39, 0.29) is 5.56 Å². The van der Waals surface area contributed by atoms with Gasteiger partial charge in [-0.1, -0.05) is 29.5 Å². The molecule has 0 unspecified atom stereocenters. The van der Waals surface area contributed by atoms with Crippen LogP contribution in [-0.2, 0) is 6.54 Å². The minimum atomic E-state index is 0.0885. The van der Waals surface area contributed by atoms with Crippen molar-refractivity contribution in [2.75, 3.05) is 24.5 Å². The molecule has 0 fully saturated rings. The molecule has 1 aliphatic rings. The van der Waals surface area contributed by atoms with E-state index in [1.54, 1.807) is 4.57 Å². The Hall–Kier alpha value is -1.88. The standard InChI is InChI=1S/C16H19N3OS/c1-3-18(4-2)13-8-6-5-7-12(13)11-14-15(20)19-10-9-17-16(19)21-14/h5-8,11H,3-4,9-10H2,1-2H3. The lowest BCUT2D eigenvalue weighted by Gasteiger charge is -2.22. The largest absolute Gasteiger partial charge is 0.372 e. The van der Waals surface area contributed by atoms with Crippen molar-refractivity contribution in [3.05, 3.63) is 49.5 Å². The molecule has 0 spiro atoms. The summed E-state index contributed by atoms with van der Waals surface area (Å²) in [5.41, 5.74) is 2.36. The molecule has 0 radical (unpaired) electrons. The molecule has 1 aromatic carbocycles. The monoisotopic (exact) mass is 301 g/mol. The Bertz CT molecular complexity index is 815. The second kappa shape index (κ2) is 5.85. The van der Waals surface area contributed by atoms with Gasteiger partial charge < -0.3 is 4.90 Å². The zero-order chi connectivity index (χ0) is 14.8. The van der Waals surface area contributed by atoms with E-state index in [1.165, 1.54) is 17.0 Å². The van der Waals surface area contributed by atoms with E-state index >= 15 is 0 Å². The zero-order valence-electron chi connectivity index (χ0n) is 12.4. The van der Waals surface area contributed by atoms with Gasteiger partial charge in [0, 0.05) is 25.3 Å². The van der Waals surface area contributed by atoms with Gasteiger partial charge in [0.05, 0.1) is 11.1 Å². The maximum absolute atomic E-state index is 12.4. The maximum Gasteiger partial charge on any atom is 0.270 e. The molecule has 0 aliphatic carbocycles.